The van der Waals surface area contributed by atoms with Crippen LogP contribution < -0.4 is 0 Å². The first kappa shape index (κ1) is 20.9. The lowest BCUT2D eigenvalue weighted by Crippen LogP contribution is -2.12. The van der Waals surface area contributed by atoms with Crippen LogP contribution in [0, 0.1) is 20.8 Å². The monoisotopic (exact) mass is 444 g/mol. The van der Waals surface area contributed by atoms with E-state index in [4.69, 9.17) is 5.10 Å². The van der Waals surface area contributed by atoms with E-state index in [0.29, 0.717) is 0 Å². The standard InChI is InChI=1S/C31H30N3/c1-18-14-19(2)30(20(3)15-18)23-10-11-24-27(17-23)31-25(26-16-21(4)33(6)22(26)5)8-7-9-29(31)34-28(24)12-13-32-34/h7-17,26H,1-6H3/q+1. The van der Waals surface area contributed by atoms with Crippen LogP contribution in [0.2, 0.25) is 0 Å². The number of hydrogen-bond donors (Lipinski definition) is 0. The van der Waals surface area contributed by atoms with Crippen LogP contribution >= 0.6 is 0 Å². The van der Waals surface area contributed by atoms with Crippen LogP contribution in [0.1, 0.15) is 42.0 Å². The molecule has 3 heterocycles. The van der Waals surface area contributed by atoms with Crippen LogP contribution in [0.15, 0.2) is 72.6 Å². The Hall–Kier alpha value is -3.72. The van der Waals surface area contributed by atoms with Crippen LogP contribution in [0.5, 0.6) is 0 Å². The maximum absolute atomic E-state index is 4.72. The summed E-state index contributed by atoms with van der Waals surface area (Å²) in [7, 11) is 2.16. The van der Waals surface area contributed by atoms with Crippen molar-refractivity contribution < 1.29 is 4.58 Å². The van der Waals surface area contributed by atoms with Crippen LogP contribution in [0.3, 0.4) is 0 Å². The first-order valence-corrected chi connectivity index (χ1v) is 12.0. The summed E-state index contributed by atoms with van der Waals surface area (Å²) in [6, 6.07) is 20.4. The van der Waals surface area contributed by atoms with Gasteiger partial charge >= 0.3 is 0 Å². The van der Waals surface area contributed by atoms with E-state index in [1.807, 2.05) is 6.20 Å². The van der Waals surface area contributed by atoms with Crippen molar-refractivity contribution in [3.63, 3.8) is 0 Å². The highest BCUT2D eigenvalue weighted by Crippen LogP contribution is 2.39. The molecule has 0 radical (unpaired) electrons. The summed E-state index contributed by atoms with van der Waals surface area (Å²) in [5.74, 6) is 0.261. The third-order valence-corrected chi connectivity index (χ3v) is 7.73. The van der Waals surface area contributed by atoms with E-state index >= 15 is 0 Å². The normalized spacial score (nSPS) is 16.3. The third-order valence-electron chi connectivity index (χ3n) is 7.73. The summed E-state index contributed by atoms with van der Waals surface area (Å²) in [6.45, 7) is 11.1. The smallest absolute Gasteiger partial charge is 0.175 e. The number of allylic oxidation sites excluding steroid dienone is 2. The van der Waals surface area contributed by atoms with E-state index in [0.717, 1.165) is 11.0 Å². The second kappa shape index (κ2) is 7.39. The highest BCUT2D eigenvalue weighted by molar-refractivity contribution is 6.16. The Balaban J connectivity index is 1.75. The van der Waals surface area contributed by atoms with Crippen molar-refractivity contribution in [3.8, 4) is 11.1 Å². The number of aromatic nitrogens is 2. The zero-order valence-corrected chi connectivity index (χ0v) is 20.8. The summed E-state index contributed by atoms with van der Waals surface area (Å²) < 4.78 is 4.41. The molecule has 0 aliphatic carbocycles. The zero-order valence-electron chi connectivity index (χ0n) is 20.8. The van der Waals surface area contributed by atoms with Crippen molar-refractivity contribution in [1.82, 2.24) is 9.61 Å². The maximum atomic E-state index is 4.72. The van der Waals surface area contributed by atoms with E-state index in [9.17, 15) is 0 Å². The number of hydrogen-bond acceptors (Lipinski definition) is 1. The van der Waals surface area contributed by atoms with E-state index in [2.05, 4.69) is 111 Å². The molecule has 0 saturated heterocycles. The van der Waals surface area contributed by atoms with Gasteiger partial charge in [0.25, 0.3) is 0 Å². The number of nitrogens with zero attached hydrogens (tertiary/aromatic N) is 3. The molecule has 1 atom stereocenters. The average Bonchev–Trinajstić information content (AvgIpc) is 3.39. The van der Waals surface area contributed by atoms with Crippen molar-refractivity contribution >= 4 is 32.9 Å². The SMILES string of the molecule is CC1=CC(c2cccc3c2c2cc(-c4c(C)cc(C)cc4C)ccc2c2ccnn23)C(C)=[N+]1C. The van der Waals surface area contributed by atoms with Gasteiger partial charge in [0.15, 0.2) is 11.4 Å². The van der Waals surface area contributed by atoms with Gasteiger partial charge in [0.2, 0.25) is 0 Å². The Kier molecular flexibility index (Phi) is 4.54. The van der Waals surface area contributed by atoms with E-state index in [1.54, 1.807) is 0 Å². The second-order valence-corrected chi connectivity index (χ2v) is 9.89. The van der Waals surface area contributed by atoms with Crippen LogP contribution in [-0.4, -0.2) is 26.9 Å². The topological polar surface area (TPSA) is 20.3 Å². The van der Waals surface area contributed by atoms with E-state index in [-0.39, 0.29) is 5.92 Å². The van der Waals surface area contributed by atoms with Crippen molar-refractivity contribution in [2.24, 2.45) is 0 Å². The molecule has 1 unspecified atom stereocenters. The fraction of sp³-hybridized carbons (Fsp3) is 0.226. The lowest BCUT2D eigenvalue weighted by molar-refractivity contribution is -0.440. The van der Waals surface area contributed by atoms with Crippen molar-refractivity contribution in [1.29, 1.82) is 0 Å². The van der Waals surface area contributed by atoms with Gasteiger partial charge in [-0.05, 0) is 72.2 Å². The summed E-state index contributed by atoms with van der Waals surface area (Å²) in [5, 5.41) is 8.55. The molecule has 6 rings (SSSR count). The van der Waals surface area contributed by atoms with Gasteiger partial charge in [-0.15, -0.1) is 0 Å². The molecule has 1 aliphatic heterocycles. The predicted octanol–water partition coefficient (Wildman–Crippen LogP) is 7.34. The molecule has 168 valence electrons. The third kappa shape index (κ3) is 2.89. The molecular formula is C31H30N3+. The van der Waals surface area contributed by atoms with Gasteiger partial charge < -0.3 is 0 Å². The Bertz CT molecular complexity index is 1690. The minimum atomic E-state index is 0.261. The lowest BCUT2D eigenvalue weighted by Gasteiger charge is -2.17. The minimum absolute atomic E-state index is 0.261. The number of rotatable bonds is 2. The lowest BCUT2D eigenvalue weighted by atomic mass is 9.88. The maximum Gasteiger partial charge on any atom is 0.175 e. The summed E-state index contributed by atoms with van der Waals surface area (Å²) in [5.41, 5.74) is 12.9. The highest BCUT2D eigenvalue weighted by Gasteiger charge is 2.30. The number of aryl methyl sites for hydroxylation is 3. The van der Waals surface area contributed by atoms with E-state index < -0.39 is 0 Å². The van der Waals surface area contributed by atoms with Crippen molar-refractivity contribution in [3.05, 3.63) is 94.8 Å². The van der Waals surface area contributed by atoms with Crippen LogP contribution in [0.4, 0.5) is 0 Å². The van der Waals surface area contributed by atoms with E-state index in [1.165, 1.54) is 60.9 Å². The highest BCUT2D eigenvalue weighted by atomic mass is 15.2. The summed E-state index contributed by atoms with van der Waals surface area (Å²) in [6.07, 6.45) is 4.30. The minimum Gasteiger partial charge on any atom is -0.232 e. The van der Waals surface area contributed by atoms with Gasteiger partial charge in [0.05, 0.1) is 23.1 Å². The Labute approximate surface area is 200 Å². The molecule has 5 aromatic rings. The molecule has 3 aromatic carbocycles. The number of benzene rings is 3. The largest absolute Gasteiger partial charge is 0.232 e. The first-order chi connectivity index (χ1) is 16.3. The molecule has 34 heavy (non-hydrogen) atoms. The summed E-state index contributed by atoms with van der Waals surface area (Å²) in [4.78, 5) is 0. The fourth-order valence-electron chi connectivity index (χ4n) is 6.03. The predicted molar refractivity (Wildman–Crippen MR) is 143 cm³/mol. The molecule has 0 spiro atoms. The molecule has 0 saturated carbocycles. The average molecular weight is 445 g/mol. The van der Waals surface area contributed by atoms with Gasteiger partial charge in [0.1, 0.15) is 7.05 Å². The Morgan fingerprint density at radius 1 is 0.824 bits per heavy atom. The fourth-order valence-corrected chi connectivity index (χ4v) is 6.03. The Morgan fingerprint density at radius 3 is 2.29 bits per heavy atom. The quantitative estimate of drug-likeness (QED) is 0.206. The van der Waals surface area contributed by atoms with Gasteiger partial charge in [0, 0.05) is 30.7 Å². The Morgan fingerprint density at radius 2 is 1.59 bits per heavy atom. The zero-order chi connectivity index (χ0) is 23.7. The van der Waals surface area contributed by atoms with Gasteiger partial charge in [-0.2, -0.15) is 5.10 Å². The number of fused-ring (bicyclic) bond motifs is 6. The van der Waals surface area contributed by atoms with Crippen molar-refractivity contribution in [2.75, 3.05) is 7.05 Å². The molecule has 0 bridgehead atoms. The molecular weight excluding hydrogens is 414 g/mol. The van der Waals surface area contributed by atoms with Crippen LogP contribution in [0.25, 0.3) is 38.3 Å². The number of pyridine rings is 1. The van der Waals surface area contributed by atoms with Crippen molar-refractivity contribution in [2.45, 2.75) is 40.5 Å². The molecule has 0 fully saturated rings. The molecule has 0 amide bonds. The molecule has 1 aliphatic rings. The molecule has 3 nitrogen and oxygen atoms in total. The summed E-state index contributed by atoms with van der Waals surface area (Å²) >= 11 is 0. The van der Waals surface area contributed by atoms with Gasteiger partial charge in [-0.3, -0.25) is 0 Å². The molecule has 2 aromatic heterocycles. The second-order valence-electron chi connectivity index (χ2n) is 9.89. The molecule has 0 N–H and O–H groups in total. The van der Waals surface area contributed by atoms with Gasteiger partial charge in [-0.25, -0.2) is 9.09 Å². The first-order valence-electron chi connectivity index (χ1n) is 12.0. The van der Waals surface area contributed by atoms with Gasteiger partial charge in [-0.1, -0.05) is 42.0 Å². The van der Waals surface area contributed by atoms with Crippen LogP contribution in [-0.2, 0) is 0 Å². The molecule has 3 heteroatoms.